The van der Waals surface area contributed by atoms with Gasteiger partial charge in [-0.3, -0.25) is 4.79 Å². The fourth-order valence-electron chi connectivity index (χ4n) is 6.27. The molecule has 3 aromatic carbocycles. The van der Waals surface area contributed by atoms with Crippen LogP contribution in [0.4, 0.5) is 4.79 Å². The first-order chi connectivity index (χ1) is 24.4. The van der Waals surface area contributed by atoms with E-state index in [2.05, 4.69) is 16.5 Å². The summed E-state index contributed by atoms with van der Waals surface area (Å²) in [6.07, 6.45) is 0.721. The second-order valence-corrected chi connectivity index (χ2v) is 15.4. The molecule has 3 amide bonds. The molecule has 3 aromatic rings. The first-order valence-electron chi connectivity index (χ1n) is 17.2. The molecule has 0 aliphatic carbocycles. The third-order valence-corrected chi connectivity index (χ3v) is 11.0. The van der Waals surface area contributed by atoms with Gasteiger partial charge in [0, 0.05) is 32.7 Å². The van der Waals surface area contributed by atoms with Gasteiger partial charge in [-0.15, -0.1) is 0 Å². The highest BCUT2D eigenvalue weighted by atomic mass is 32.2. The molecule has 2 unspecified atom stereocenters. The van der Waals surface area contributed by atoms with E-state index < -0.39 is 34.1 Å². The van der Waals surface area contributed by atoms with Crippen LogP contribution in [0.15, 0.2) is 88.9 Å². The molecule has 1 aliphatic heterocycles. The van der Waals surface area contributed by atoms with Crippen molar-refractivity contribution in [2.45, 2.75) is 70.2 Å². The van der Waals surface area contributed by atoms with Crippen molar-refractivity contribution in [2.75, 3.05) is 26.2 Å². The minimum Gasteiger partial charge on any atom is -0.411 e. The van der Waals surface area contributed by atoms with Crippen LogP contribution in [0.25, 0.3) is 0 Å². The summed E-state index contributed by atoms with van der Waals surface area (Å²) in [6.45, 7) is 8.49. The van der Waals surface area contributed by atoms with Gasteiger partial charge in [0.1, 0.15) is 6.04 Å². The van der Waals surface area contributed by atoms with E-state index in [1.807, 2.05) is 64.1 Å². The lowest BCUT2D eigenvalue weighted by Gasteiger charge is -2.35. The van der Waals surface area contributed by atoms with Gasteiger partial charge < -0.3 is 25.4 Å². The Morgan fingerprint density at radius 3 is 2.33 bits per heavy atom. The van der Waals surface area contributed by atoms with Gasteiger partial charge in [0.05, 0.1) is 34.9 Å². The minimum absolute atomic E-state index is 0.0161. The molecule has 1 aliphatic rings. The van der Waals surface area contributed by atoms with Crippen LogP contribution in [0.5, 0.6) is 0 Å². The molecule has 272 valence electrons. The Kier molecular flexibility index (Phi) is 13.7. The summed E-state index contributed by atoms with van der Waals surface area (Å²) in [5.74, 6) is -0.719. The van der Waals surface area contributed by atoms with E-state index >= 15 is 0 Å². The molecule has 13 heteroatoms. The van der Waals surface area contributed by atoms with Crippen molar-refractivity contribution in [3.8, 4) is 6.07 Å². The Morgan fingerprint density at radius 1 is 1.02 bits per heavy atom. The number of nitrogens with one attached hydrogen (secondary N) is 1. The summed E-state index contributed by atoms with van der Waals surface area (Å²) in [5, 5.41) is 36.0. The van der Waals surface area contributed by atoms with Gasteiger partial charge in [-0.05, 0) is 59.2 Å². The zero-order valence-corrected chi connectivity index (χ0v) is 30.4. The van der Waals surface area contributed by atoms with Crippen LogP contribution in [-0.4, -0.2) is 95.4 Å². The van der Waals surface area contributed by atoms with Gasteiger partial charge in [0.25, 0.3) is 0 Å². The fourth-order valence-corrected chi connectivity index (χ4v) is 7.89. The summed E-state index contributed by atoms with van der Waals surface area (Å²) in [5.41, 5.74) is 2.67. The molecule has 1 saturated heterocycles. The predicted octanol–water partition coefficient (Wildman–Crippen LogP) is 4.45. The largest absolute Gasteiger partial charge is 0.411 e. The molecule has 12 nitrogen and oxygen atoms in total. The van der Waals surface area contributed by atoms with Gasteiger partial charge in [0.15, 0.2) is 0 Å². The van der Waals surface area contributed by atoms with E-state index in [9.17, 15) is 28.4 Å². The van der Waals surface area contributed by atoms with E-state index in [1.165, 1.54) is 34.8 Å². The topological polar surface area (TPSA) is 167 Å². The number of nitrogens with zero attached hydrogens (tertiary/aromatic N) is 5. The number of benzene rings is 3. The third-order valence-electron chi connectivity index (χ3n) is 9.12. The SMILES string of the molecule is CCC(C)C(C(=O)N[C@@H](Cc1ccccc1)[C@H](O)CN(CC(C)C)S(=O)(=O)c1ccc(/C=N/O)cc1)N1CCN(Cc2cccc(C#N)c2)C1=O. The average Bonchev–Trinajstić information content (AvgIpc) is 3.46. The Bertz CT molecular complexity index is 1800. The Labute approximate surface area is 301 Å². The van der Waals surface area contributed by atoms with E-state index in [1.54, 1.807) is 28.0 Å². The van der Waals surface area contributed by atoms with Crippen molar-refractivity contribution in [1.82, 2.24) is 19.4 Å². The highest BCUT2D eigenvalue weighted by molar-refractivity contribution is 7.89. The first-order valence-corrected chi connectivity index (χ1v) is 18.7. The van der Waals surface area contributed by atoms with Crippen LogP contribution >= 0.6 is 0 Å². The van der Waals surface area contributed by atoms with E-state index in [-0.39, 0.29) is 42.3 Å². The molecule has 4 rings (SSSR count). The number of carbonyl (C=O) groups excluding carboxylic acids is 2. The summed E-state index contributed by atoms with van der Waals surface area (Å²) < 4.78 is 29.0. The number of hydrogen-bond donors (Lipinski definition) is 3. The summed E-state index contributed by atoms with van der Waals surface area (Å²) in [4.78, 5) is 31.3. The number of amides is 3. The molecule has 0 saturated carbocycles. The van der Waals surface area contributed by atoms with Crippen LogP contribution in [0.3, 0.4) is 0 Å². The molecular formula is C38H48N6O6S. The highest BCUT2D eigenvalue weighted by Crippen LogP contribution is 2.24. The number of urea groups is 1. The molecule has 0 bridgehead atoms. The highest BCUT2D eigenvalue weighted by Gasteiger charge is 2.41. The maximum atomic E-state index is 14.3. The van der Waals surface area contributed by atoms with Crippen molar-refractivity contribution < 1.29 is 28.3 Å². The van der Waals surface area contributed by atoms with Crippen LogP contribution in [0.1, 0.15) is 56.4 Å². The van der Waals surface area contributed by atoms with Gasteiger partial charge in [-0.1, -0.05) is 93.9 Å². The first kappa shape index (κ1) is 39.0. The monoisotopic (exact) mass is 716 g/mol. The molecule has 4 atom stereocenters. The molecule has 0 radical (unpaired) electrons. The number of hydrogen-bond acceptors (Lipinski definition) is 8. The molecule has 0 aromatic heterocycles. The van der Waals surface area contributed by atoms with Gasteiger partial charge >= 0.3 is 6.03 Å². The lowest BCUT2D eigenvalue weighted by atomic mass is 9.95. The zero-order chi connectivity index (χ0) is 37.1. The molecule has 3 N–H and O–H groups in total. The number of sulfonamides is 1. The van der Waals surface area contributed by atoms with Gasteiger partial charge in [-0.25, -0.2) is 13.2 Å². The minimum atomic E-state index is -4.07. The lowest BCUT2D eigenvalue weighted by Crippen LogP contribution is -2.57. The van der Waals surface area contributed by atoms with E-state index in [4.69, 9.17) is 5.21 Å². The second kappa shape index (κ2) is 17.9. The molecule has 51 heavy (non-hydrogen) atoms. The van der Waals surface area contributed by atoms with Crippen molar-refractivity contribution in [3.63, 3.8) is 0 Å². The molecule has 0 spiro atoms. The van der Waals surface area contributed by atoms with E-state index in [0.717, 1.165) is 11.1 Å². The predicted molar refractivity (Wildman–Crippen MR) is 194 cm³/mol. The molecule has 1 heterocycles. The number of carbonyl (C=O) groups is 2. The van der Waals surface area contributed by atoms with Gasteiger partial charge in [0.2, 0.25) is 15.9 Å². The fraction of sp³-hybridized carbons (Fsp3) is 0.421. The summed E-state index contributed by atoms with van der Waals surface area (Å²) in [6, 6.07) is 22.4. The smallest absolute Gasteiger partial charge is 0.321 e. The molecule has 1 fully saturated rings. The average molecular weight is 717 g/mol. The Balaban J connectivity index is 1.59. The van der Waals surface area contributed by atoms with Crippen molar-refractivity contribution in [3.05, 3.63) is 101 Å². The normalized spacial score (nSPS) is 16.0. The summed E-state index contributed by atoms with van der Waals surface area (Å²) in [7, 11) is -4.07. The number of aliphatic hydroxyl groups is 1. The van der Waals surface area contributed by atoms with Crippen molar-refractivity contribution in [1.29, 1.82) is 5.26 Å². The second-order valence-electron chi connectivity index (χ2n) is 13.4. The summed E-state index contributed by atoms with van der Waals surface area (Å²) >= 11 is 0. The number of rotatable bonds is 17. The number of oxime groups is 1. The molecular weight excluding hydrogens is 669 g/mol. The number of nitriles is 1. The zero-order valence-electron chi connectivity index (χ0n) is 29.6. The van der Waals surface area contributed by atoms with E-state index in [0.29, 0.717) is 37.2 Å². The van der Waals surface area contributed by atoms with Crippen LogP contribution in [0.2, 0.25) is 0 Å². The lowest BCUT2D eigenvalue weighted by molar-refractivity contribution is -0.128. The number of aliphatic hydroxyl groups excluding tert-OH is 1. The third kappa shape index (κ3) is 10.2. The standard InChI is InChI=1S/C38H48N6O6S/c1-5-28(4)36(44-19-18-42(38(44)47)25-32-13-9-12-31(20-32)22-39)37(46)41-34(21-29-10-7-6-8-11-29)35(45)26-43(24-27(2)3)51(49,50)33-16-14-30(15-17-33)23-40-48/h6-17,20,23,27-28,34-36,45,48H,5,18-19,21,24-26H2,1-4H3,(H,41,46)/b40-23+/t28?,34-,35+,36?/m0/s1. The Hall–Kier alpha value is -4.77. The van der Waals surface area contributed by atoms with Crippen LogP contribution in [-0.2, 0) is 27.8 Å². The van der Waals surface area contributed by atoms with Gasteiger partial charge in [-0.2, -0.15) is 9.57 Å². The maximum absolute atomic E-state index is 14.3. The van der Waals surface area contributed by atoms with Crippen LogP contribution < -0.4 is 5.32 Å². The quantitative estimate of drug-likeness (QED) is 0.105. The van der Waals surface area contributed by atoms with Crippen molar-refractivity contribution >= 4 is 28.2 Å². The van der Waals surface area contributed by atoms with Crippen LogP contribution in [0, 0.1) is 23.2 Å². The maximum Gasteiger partial charge on any atom is 0.321 e. The van der Waals surface area contributed by atoms with Crippen molar-refractivity contribution in [2.24, 2.45) is 17.0 Å². The Morgan fingerprint density at radius 2 is 1.71 bits per heavy atom.